The van der Waals surface area contributed by atoms with Crippen LogP contribution in [-0.2, 0) is 6.54 Å². The van der Waals surface area contributed by atoms with Crippen LogP contribution in [0.4, 0.5) is 0 Å². The van der Waals surface area contributed by atoms with Gasteiger partial charge in [-0.05, 0) is 37.1 Å². The molecular formula is C24H29N3O3S. The number of likely N-dealkylation sites (tertiary alicyclic amines) is 1. The Morgan fingerprint density at radius 3 is 2.97 bits per heavy atom. The van der Waals surface area contributed by atoms with E-state index < -0.39 is 0 Å². The minimum absolute atomic E-state index is 0.0362. The van der Waals surface area contributed by atoms with Crippen LogP contribution in [0.15, 0.2) is 36.5 Å². The summed E-state index contributed by atoms with van der Waals surface area (Å²) >= 11 is 1.46. The fraction of sp³-hybridized carbons (Fsp3) is 0.417. The molecule has 0 bridgehead atoms. The normalized spacial score (nSPS) is 16.7. The average molecular weight is 440 g/mol. The van der Waals surface area contributed by atoms with E-state index in [-0.39, 0.29) is 18.4 Å². The molecule has 1 amide bonds. The van der Waals surface area contributed by atoms with Gasteiger partial charge in [0.2, 0.25) is 0 Å². The first kappa shape index (κ1) is 21.7. The van der Waals surface area contributed by atoms with Crippen LogP contribution in [0.5, 0.6) is 5.75 Å². The number of hydrogen-bond donors (Lipinski definition) is 1. The molecule has 7 heteroatoms. The largest absolute Gasteiger partial charge is 0.496 e. The number of thiophene rings is 1. The molecule has 3 aromatic rings. The molecule has 6 nitrogen and oxygen atoms in total. The van der Waals surface area contributed by atoms with Crippen LogP contribution in [0.2, 0.25) is 0 Å². The summed E-state index contributed by atoms with van der Waals surface area (Å²) in [5.41, 5.74) is 3.45. The van der Waals surface area contributed by atoms with Crippen LogP contribution >= 0.6 is 11.3 Å². The first-order valence-electron chi connectivity index (χ1n) is 10.6. The molecule has 2 aromatic heterocycles. The lowest BCUT2D eigenvalue weighted by Gasteiger charge is -2.20. The predicted octanol–water partition coefficient (Wildman–Crippen LogP) is 3.67. The van der Waals surface area contributed by atoms with Crippen LogP contribution in [0.1, 0.15) is 38.7 Å². The molecule has 3 heterocycles. The maximum Gasteiger partial charge on any atom is 0.264 e. The molecule has 0 unspecified atom stereocenters. The summed E-state index contributed by atoms with van der Waals surface area (Å²) in [5, 5.41) is 10.3. The summed E-state index contributed by atoms with van der Waals surface area (Å²) in [6.07, 6.45) is 2.78. The van der Waals surface area contributed by atoms with Crippen molar-refractivity contribution in [3.8, 4) is 5.75 Å². The van der Waals surface area contributed by atoms with E-state index >= 15 is 0 Å². The minimum Gasteiger partial charge on any atom is -0.496 e. The Bertz CT molecular complexity index is 1080. The minimum atomic E-state index is -0.0454. The smallest absolute Gasteiger partial charge is 0.264 e. The van der Waals surface area contributed by atoms with Gasteiger partial charge in [-0.2, -0.15) is 0 Å². The number of aliphatic hydroxyl groups excluding tert-OH is 1. The van der Waals surface area contributed by atoms with Crippen molar-refractivity contribution in [1.29, 1.82) is 0 Å². The number of hydrogen-bond acceptors (Lipinski definition) is 6. The maximum absolute atomic E-state index is 13.1. The van der Waals surface area contributed by atoms with E-state index in [0.717, 1.165) is 58.0 Å². The van der Waals surface area contributed by atoms with Crippen LogP contribution in [0, 0.1) is 6.92 Å². The van der Waals surface area contributed by atoms with E-state index in [1.54, 1.807) is 25.3 Å². The van der Waals surface area contributed by atoms with Gasteiger partial charge >= 0.3 is 0 Å². The highest BCUT2D eigenvalue weighted by Gasteiger charge is 2.32. The summed E-state index contributed by atoms with van der Waals surface area (Å²) in [6.45, 7) is 5.04. The molecule has 0 spiro atoms. The molecule has 4 rings (SSSR count). The molecule has 0 saturated carbocycles. The van der Waals surface area contributed by atoms with Gasteiger partial charge in [0.1, 0.15) is 10.6 Å². The summed E-state index contributed by atoms with van der Waals surface area (Å²) in [4.78, 5) is 23.3. The van der Waals surface area contributed by atoms with Crippen molar-refractivity contribution in [2.75, 3.05) is 40.4 Å². The topological polar surface area (TPSA) is 65.9 Å². The number of pyridine rings is 1. The number of ether oxygens (including phenoxy) is 1. The summed E-state index contributed by atoms with van der Waals surface area (Å²) in [5.74, 6) is 1.19. The molecule has 1 saturated heterocycles. The number of nitrogens with zero attached hydrogens (tertiary/aromatic N) is 3. The Morgan fingerprint density at radius 2 is 2.19 bits per heavy atom. The predicted molar refractivity (Wildman–Crippen MR) is 124 cm³/mol. The van der Waals surface area contributed by atoms with E-state index in [4.69, 9.17) is 4.74 Å². The number of rotatable bonds is 7. The Balaban J connectivity index is 1.62. The quantitative estimate of drug-likeness (QED) is 0.609. The molecule has 0 aliphatic carbocycles. The standard InChI is InChI=1S/C24H29N3O3S/c1-16-6-4-7-18(21(16)30-3)15-27-11-9-17(14-27)20-19-8-5-10-25-23(19)31-22(20)24(29)26(2)12-13-28/h4-8,10,17,28H,9,11-15H2,1-3H3/t17-/m1/s1. The average Bonchev–Trinajstić information content (AvgIpc) is 3.37. The molecule has 1 fully saturated rings. The Kier molecular flexibility index (Phi) is 6.55. The van der Waals surface area contributed by atoms with Crippen molar-refractivity contribution in [1.82, 2.24) is 14.8 Å². The fourth-order valence-electron chi connectivity index (χ4n) is 4.52. The third kappa shape index (κ3) is 4.31. The van der Waals surface area contributed by atoms with Crippen molar-refractivity contribution >= 4 is 27.5 Å². The Morgan fingerprint density at radius 1 is 1.35 bits per heavy atom. The Labute approximate surface area is 187 Å². The molecule has 1 atom stereocenters. The van der Waals surface area contributed by atoms with Crippen molar-refractivity contribution in [2.45, 2.75) is 25.8 Å². The third-order valence-electron chi connectivity index (χ3n) is 6.05. The van der Waals surface area contributed by atoms with Gasteiger partial charge in [-0.3, -0.25) is 9.69 Å². The highest BCUT2D eigenvalue weighted by atomic mass is 32.1. The molecule has 31 heavy (non-hydrogen) atoms. The number of amides is 1. The van der Waals surface area contributed by atoms with Gasteiger partial charge in [-0.25, -0.2) is 4.98 Å². The number of para-hydroxylation sites is 1. The van der Waals surface area contributed by atoms with Crippen LogP contribution in [0.3, 0.4) is 0 Å². The van der Waals surface area contributed by atoms with Gasteiger partial charge in [-0.15, -0.1) is 11.3 Å². The number of likely N-dealkylation sites (N-methyl/N-ethyl adjacent to an activating group) is 1. The van der Waals surface area contributed by atoms with Crippen molar-refractivity contribution in [3.63, 3.8) is 0 Å². The van der Waals surface area contributed by atoms with Gasteiger partial charge in [0.25, 0.3) is 5.91 Å². The van der Waals surface area contributed by atoms with E-state index in [0.29, 0.717) is 6.54 Å². The van der Waals surface area contributed by atoms with Gasteiger partial charge in [0.15, 0.2) is 0 Å². The monoisotopic (exact) mass is 439 g/mol. The van der Waals surface area contributed by atoms with E-state index in [1.807, 2.05) is 6.07 Å². The number of carbonyl (C=O) groups is 1. The van der Waals surface area contributed by atoms with Crippen LogP contribution in [0.25, 0.3) is 10.2 Å². The zero-order valence-electron chi connectivity index (χ0n) is 18.3. The zero-order chi connectivity index (χ0) is 22.0. The van der Waals surface area contributed by atoms with Gasteiger partial charge in [0, 0.05) is 49.7 Å². The van der Waals surface area contributed by atoms with Gasteiger partial charge < -0.3 is 14.7 Å². The lowest BCUT2D eigenvalue weighted by Crippen LogP contribution is -2.29. The zero-order valence-corrected chi connectivity index (χ0v) is 19.1. The first-order valence-corrected chi connectivity index (χ1v) is 11.4. The molecular weight excluding hydrogens is 410 g/mol. The Hall–Kier alpha value is -2.48. The number of methoxy groups -OCH3 is 1. The van der Waals surface area contributed by atoms with E-state index in [1.165, 1.54) is 16.9 Å². The number of aromatic nitrogens is 1. The molecule has 164 valence electrons. The number of aryl methyl sites for hydroxylation is 1. The second-order valence-corrected chi connectivity index (χ2v) is 9.14. The second-order valence-electron chi connectivity index (χ2n) is 8.14. The SMILES string of the molecule is COc1c(C)cccc1CN1CC[C@@H](c2c(C(=O)N(C)CCO)sc3ncccc23)C1. The number of benzene rings is 1. The number of fused-ring (bicyclic) bond motifs is 1. The first-order chi connectivity index (χ1) is 15.0. The van der Waals surface area contributed by atoms with Crippen molar-refractivity contribution in [3.05, 3.63) is 58.1 Å². The number of carbonyl (C=O) groups excluding carboxylic acids is 1. The highest BCUT2D eigenvalue weighted by Crippen LogP contribution is 2.40. The lowest BCUT2D eigenvalue weighted by molar-refractivity contribution is 0.0770. The van der Waals surface area contributed by atoms with Gasteiger partial charge in [0.05, 0.1) is 18.6 Å². The summed E-state index contributed by atoms with van der Waals surface area (Å²) in [7, 11) is 3.47. The maximum atomic E-state index is 13.1. The highest BCUT2D eigenvalue weighted by molar-refractivity contribution is 7.20. The molecule has 0 radical (unpaired) electrons. The summed E-state index contributed by atoms with van der Waals surface area (Å²) in [6, 6.07) is 10.3. The third-order valence-corrected chi connectivity index (χ3v) is 7.17. The molecule has 1 N–H and O–H groups in total. The second kappa shape index (κ2) is 9.34. The van der Waals surface area contributed by atoms with Crippen LogP contribution < -0.4 is 4.74 Å². The summed E-state index contributed by atoms with van der Waals surface area (Å²) < 4.78 is 5.64. The van der Waals surface area contributed by atoms with Crippen LogP contribution in [-0.4, -0.2) is 66.2 Å². The fourth-order valence-corrected chi connectivity index (χ4v) is 5.75. The van der Waals surface area contributed by atoms with Gasteiger partial charge in [-0.1, -0.05) is 24.3 Å². The molecule has 1 aromatic carbocycles. The van der Waals surface area contributed by atoms with Crippen molar-refractivity contribution in [2.24, 2.45) is 0 Å². The molecule has 1 aliphatic rings. The molecule has 1 aliphatic heterocycles. The van der Waals surface area contributed by atoms with E-state index in [9.17, 15) is 9.90 Å². The number of aliphatic hydroxyl groups is 1. The van der Waals surface area contributed by atoms with E-state index in [2.05, 4.69) is 41.1 Å². The van der Waals surface area contributed by atoms with Crippen molar-refractivity contribution < 1.29 is 14.6 Å². The lowest BCUT2D eigenvalue weighted by atomic mass is 9.95.